The molecule has 1 aromatic heterocycles. The molecule has 1 aliphatic rings. The number of hydrogen-bond acceptors (Lipinski definition) is 5. The lowest BCUT2D eigenvalue weighted by molar-refractivity contribution is 0.0692. The molecular weight excluding hydrogens is 405 g/mol. The molecule has 1 amide bonds. The first-order chi connectivity index (χ1) is 13.7. The summed E-state index contributed by atoms with van der Waals surface area (Å²) in [6.07, 6.45) is 2.89. The monoisotopic (exact) mass is 425 g/mol. The topological polar surface area (TPSA) is 129 Å². The highest BCUT2D eigenvalue weighted by Gasteiger charge is 2.28. The fraction of sp³-hybridized carbons (Fsp3) is 0.333. The van der Waals surface area contributed by atoms with Crippen LogP contribution in [0.3, 0.4) is 0 Å². The molecule has 2 aromatic rings. The molecule has 0 aliphatic carbocycles. The van der Waals surface area contributed by atoms with E-state index in [4.69, 9.17) is 4.74 Å². The highest BCUT2D eigenvalue weighted by atomic mass is 32.2. The van der Waals surface area contributed by atoms with Crippen LogP contribution in [0.5, 0.6) is 5.75 Å². The molecule has 156 valence electrons. The molecule has 0 spiro atoms. The standard InChI is InChI=1S/C18H20FN3O6S/c1-2-28-14-6-5-12(19)15(18(24)25)16(14)21-29(26,27)11-9-13(20-10-11)17(23)22-7-3-4-8-22/h5-6,9-10,20-21H,2-4,7-8H2,1H3,(H,24,25). The number of carbonyl (C=O) groups is 2. The molecular formula is C18H20FN3O6S. The number of halogens is 1. The van der Waals surface area contributed by atoms with Crippen LogP contribution in [0.15, 0.2) is 29.3 Å². The minimum atomic E-state index is -4.33. The van der Waals surface area contributed by atoms with E-state index in [1.807, 2.05) is 0 Å². The van der Waals surface area contributed by atoms with Gasteiger partial charge in [0.25, 0.3) is 15.9 Å². The van der Waals surface area contributed by atoms with Crippen LogP contribution in [0.4, 0.5) is 10.1 Å². The van der Waals surface area contributed by atoms with Gasteiger partial charge in [0.15, 0.2) is 0 Å². The quantitative estimate of drug-likeness (QED) is 0.624. The maximum absolute atomic E-state index is 14.1. The second-order valence-electron chi connectivity index (χ2n) is 6.39. The maximum Gasteiger partial charge on any atom is 0.340 e. The summed E-state index contributed by atoms with van der Waals surface area (Å²) in [6.45, 7) is 2.92. The van der Waals surface area contributed by atoms with Crippen molar-refractivity contribution in [2.24, 2.45) is 0 Å². The van der Waals surface area contributed by atoms with E-state index >= 15 is 0 Å². The van der Waals surface area contributed by atoms with Crippen molar-refractivity contribution >= 4 is 27.6 Å². The zero-order valence-electron chi connectivity index (χ0n) is 15.6. The highest BCUT2D eigenvalue weighted by Crippen LogP contribution is 2.33. The van der Waals surface area contributed by atoms with Crippen molar-refractivity contribution in [1.29, 1.82) is 0 Å². The first kappa shape index (κ1) is 20.6. The lowest BCUT2D eigenvalue weighted by Gasteiger charge is -2.15. The van der Waals surface area contributed by atoms with Gasteiger partial charge >= 0.3 is 5.97 Å². The number of likely N-dealkylation sites (tertiary alicyclic amines) is 1. The van der Waals surface area contributed by atoms with Crippen molar-refractivity contribution in [2.75, 3.05) is 24.4 Å². The summed E-state index contributed by atoms with van der Waals surface area (Å²) in [7, 11) is -4.33. The predicted octanol–water partition coefficient (Wildman–Crippen LogP) is 2.29. The number of nitrogens with zero attached hydrogens (tertiary/aromatic N) is 1. The van der Waals surface area contributed by atoms with Gasteiger partial charge in [0.05, 0.1) is 6.61 Å². The van der Waals surface area contributed by atoms with Crippen molar-refractivity contribution in [2.45, 2.75) is 24.7 Å². The summed E-state index contributed by atoms with van der Waals surface area (Å²) >= 11 is 0. The molecule has 1 saturated heterocycles. The van der Waals surface area contributed by atoms with Crippen molar-refractivity contribution in [3.8, 4) is 5.75 Å². The summed E-state index contributed by atoms with van der Waals surface area (Å²) in [5.74, 6) is -3.21. The molecule has 0 saturated carbocycles. The van der Waals surface area contributed by atoms with E-state index in [1.54, 1.807) is 11.8 Å². The number of rotatable bonds is 7. The molecule has 11 heteroatoms. The molecule has 3 N–H and O–H groups in total. The molecule has 1 aromatic carbocycles. The molecule has 0 atom stereocenters. The normalized spacial score (nSPS) is 14.1. The second kappa shape index (κ2) is 8.11. The van der Waals surface area contributed by atoms with E-state index in [0.29, 0.717) is 13.1 Å². The summed E-state index contributed by atoms with van der Waals surface area (Å²) in [6, 6.07) is 3.18. The van der Waals surface area contributed by atoms with Gasteiger partial charge in [-0.3, -0.25) is 9.52 Å². The number of anilines is 1. The number of amides is 1. The number of hydrogen-bond donors (Lipinski definition) is 3. The summed E-state index contributed by atoms with van der Waals surface area (Å²) in [5, 5.41) is 9.32. The average molecular weight is 425 g/mol. The number of benzene rings is 1. The fourth-order valence-corrected chi connectivity index (χ4v) is 4.16. The Kier molecular flexibility index (Phi) is 5.78. The summed E-state index contributed by atoms with van der Waals surface area (Å²) < 4.78 is 46.9. The minimum absolute atomic E-state index is 0.0926. The third kappa shape index (κ3) is 4.19. The number of nitrogens with one attached hydrogen (secondary N) is 2. The van der Waals surface area contributed by atoms with Crippen LogP contribution in [-0.4, -0.2) is 55.0 Å². The molecule has 0 unspecified atom stereocenters. The first-order valence-electron chi connectivity index (χ1n) is 8.93. The van der Waals surface area contributed by atoms with Gasteiger partial charge in [-0.15, -0.1) is 0 Å². The number of ether oxygens (including phenoxy) is 1. The number of sulfonamides is 1. The van der Waals surface area contributed by atoms with Crippen molar-refractivity contribution in [1.82, 2.24) is 9.88 Å². The Morgan fingerprint density at radius 2 is 2.00 bits per heavy atom. The third-order valence-electron chi connectivity index (χ3n) is 4.46. The number of aromatic carboxylic acids is 1. The zero-order chi connectivity index (χ0) is 21.2. The number of carboxylic acids is 1. The number of H-pyrrole nitrogens is 1. The average Bonchev–Trinajstić information content (AvgIpc) is 3.35. The van der Waals surface area contributed by atoms with Crippen molar-refractivity contribution < 1.29 is 32.2 Å². The molecule has 1 fully saturated rings. The first-order valence-corrected chi connectivity index (χ1v) is 10.4. The van der Waals surface area contributed by atoms with Crippen LogP contribution in [0, 0.1) is 5.82 Å². The predicted molar refractivity (Wildman–Crippen MR) is 101 cm³/mol. The van der Waals surface area contributed by atoms with E-state index in [9.17, 15) is 27.5 Å². The van der Waals surface area contributed by atoms with Gasteiger partial charge in [-0.2, -0.15) is 0 Å². The van der Waals surface area contributed by atoms with Gasteiger partial charge in [-0.05, 0) is 38.0 Å². The van der Waals surface area contributed by atoms with Crippen LogP contribution >= 0.6 is 0 Å². The van der Waals surface area contributed by atoms with Gasteiger partial charge in [-0.25, -0.2) is 17.6 Å². The highest BCUT2D eigenvalue weighted by molar-refractivity contribution is 7.92. The Morgan fingerprint density at radius 3 is 2.62 bits per heavy atom. The van der Waals surface area contributed by atoms with Gasteiger partial charge in [0, 0.05) is 19.3 Å². The number of carbonyl (C=O) groups excluding carboxylic acids is 1. The van der Waals surface area contributed by atoms with E-state index in [-0.39, 0.29) is 28.9 Å². The van der Waals surface area contributed by atoms with Crippen LogP contribution < -0.4 is 9.46 Å². The minimum Gasteiger partial charge on any atom is -0.492 e. The number of carboxylic acid groups (broad SMARTS) is 1. The molecule has 3 rings (SSSR count). The lowest BCUT2D eigenvalue weighted by atomic mass is 10.1. The molecule has 1 aliphatic heterocycles. The summed E-state index contributed by atoms with van der Waals surface area (Å²) in [4.78, 5) is 27.8. The van der Waals surface area contributed by atoms with Crippen LogP contribution in [0.1, 0.15) is 40.6 Å². The lowest BCUT2D eigenvalue weighted by Crippen LogP contribution is -2.27. The largest absolute Gasteiger partial charge is 0.492 e. The van der Waals surface area contributed by atoms with E-state index in [1.165, 1.54) is 0 Å². The smallest absolute Gasteiger partial charge is 0.340 e. The van der Waals surface area contributed by atoms with Gasteiger partial charge in [0.1, 0.15) is 33.4 Å². The Labute approximate surface area is 166 Å². The van der Waals surface area contributed by atoms with Crippen molar-refractivity contribution in [3.63, 3.8) is 0 Å². The maximum atomic E-state index is 14.1. The van der Waals surface area contributed by atoms with Gasteiger partial charge < -0.3 is 19.7 Å². The molecule has 0 bridgehead atoms. The van der Waals surface area contributed by atoms with E-state index in [2.05, 4.69) is 9.71 Å². The Balaban J connectivity index is 1.95. The van der Waals surface area contributed by atoms with E-state index in [0.717, 1.165) is 37.2 Å². The van der Waals surface area contributed by atoms with Crippen LogP contribution in [0.25, 0.3) is 0 Å². The number of aromatic amines is 1. The van der Waals surface area contributed by atoms with Crippen LogP contribution in [-0.2, 0) is 10.0 Å². The van der Waals surface area contributed by atoms with E-state index < -0.39 is 33.1 Å². The molecule has 2 heterocycles. The zero-order valence-corrected chi connectivity index (χ0v) is 16.4. The Morgan fingerprint density at radius 1 is 1.31 bits per heavy atom. The third-order valence-corrected chi connectivity index (χ3v) is 5.79. The second-order valence-corrected chi connectivity index (χ2v) is 8.07. The van der Waals surface area contributed by atoms with Gasteiger partial charge in [-0.1, -0.05) is 0 Å². The van der Waals surface area contributed by atoms with Crippen LogP contribution in [0.2, 0.25) is 0 Å². The molecule has 0 radical (unpaired) electrons. The van der Waals surface area contributed by atoms with Crippen molar-refractivity contribution in [3.05, 3.63) is 41.5 Å². The Hall–Kier alpha value is -3.08. The molecule has 29 heavy (non-hydrogen) atoms. The molecule has 9 nitrogen and oxygen atoms in total. The van der Waals surface area contributed by atoms with Gasteiger partial charge in [0.2, 0.25) is 0 Å². The fourth-order valence-electron chi connectivity index (χ4n) is 3.08. The summed E-state index contributed by atoms with van der Waals surface area (Å²) in [5.41, 5.74) is -1.29. The number of aromatic nitrogens is 1. The Bertz CT molecular complexity index is 1040. The SMILES string of the molecule is CCOc1ccc(F)c(C(=O)O)c1NS(=O)(=O)c1c[nH]c(C(=O)N2CCCC2)c1.